The van der Waals surface area contributed by atoms with Gasteiger partial charge in [-0.1, -0.05) is 6.07 Å². The van der Waals surface area contributed by atoms with E-state index in [9.17, 15) is 4.79 Å². The summed E-state index contributed by atoms with van der Waals surface area (Å²) in [5.74, 6) is 2.03. The highest BCUT2D eigenvalue weighted by Crippen LogP contribution is 2.23. The predicted octanol–water partition coefficient (Wildman–Crippen LogP) is 3.87. The Labute approximate surface area is 164 Å². The zero-order valence-corrected chi connectivity index (χ0v) is 16.9. The molecule has 0 saturated carbocycles. The molecule has 0 bridgehead atoms. The SMILES string of the molecule is Cc1ccc(OC2CCN(C(=O)CCC3CCNCC3)CC2)cc1C.Cl. The van der Waals surface area contributed by atoms with Gasteiger partial charge in [-0.25, -0.2) is 0 Å². The number of nitrogens with one attached hydrogen (secondary N) is 1. The van der Waals surface area contributed by atoms with E-state index in [1.807, 2.05) is 4.90 Å². The summed E-state index contributed by atoms with van der Waals surface area (Å²) < 4.78 is 6.13. The van der Waals surface area contributed by atoms with Gasteiger partial charge in [-0.3, -0.25) is 4.79 Å². The molecule has 2 aliphatic heterocycles. The molecule has 0 radical (unpaired) electrons. The van der Waals surface area contributed by atoms with Gasteiger partial charge < -0.3 is 15.0 Å². The van der Waals surface area contributed by atoms with Crippen LogP contribution in [0.3, 0.4) is 0 Å². The molecule has 2 aliphatic rings. The Balaban J connectivity index is 0.00000243. The van der Waals surface area contributed by atoms with E-state index in [1.165, 1.54) is 24.0 Å². The van der Waals surface area contributed by atoms with E-state index in [2.05, 4.69) is 37.4 Å². The van der Waals surface area contributed by atoms with E-state index in [0.717, 1.165) is 57.1 Å². The highest BCUT2D eigenvalue weighted by molar-refractivity contribution is 5.85. The van der Waals surface area contributed by atoms with E-state index >= 15 is 0 Å². The number of aryl methyl sites for hydroxylation is 2. The molecule has 2 fully saturated rings. The lowest BCUT2D eigenvalue weighted by molar-refractivity contribution is -0.133. The van der Waals surface area contributed by atoms with Crippen LogP contribution in [0.1, 0.15) is 49.7 Å². The second-order valence-corrected chi connectivity index (χ2v) is 7.68. The van der Waals surface area contributed by atoms with E-state index in [0.29, 0.717) is 12.3 Å². The number of hydrogen-bond acceptors (Lipinski definition) is 3. The van der Waals surface area contributed by atoms with Crippen molar-refractivity contribution in [1.29, 1.82) is 0 Å². The molecule has 0 spiro atoms. The van der Waals surface area contributed by atoms with Gasteiger partial charge in [0.2, 0.25) is 5.91 Å². The molecular weight excluding hydrogens is 348 g/mol. The molecule has 1 amide bonds. The fourth-order valence-corrected chi connectivity index (χ4v) is 3.86. The molecule has 0 aromatic heterocycles. The van der Waals surface area contributed by atoms with Crippen molar-refractivity contribution in [3.63, 3.8) is 0 Å². The first-order valence-corrected chi connectivity index (χ1v) is 9.84. The van der Waals surface area contributed by atoms with Gasteiger partial charge in [0.1, 0.15) is 11.9 Å². The van der Waals surface area contributed by atoms with Crippen LogP contribution < -0.4 is 10.1 Å². The highest BCUT2D eigenvalue weighted by Gasteiger charge is 2.24. The number of hydrogen-bond donors (Lipinski definition) is 1. The van der Waals surface area contributed by atoms with Crippen LogP contribution in [0.2, 0.25) is 0 Å². The maximum absolute atomic E-state index is 12.5. The molecule has 2 heterocycles. The van der Waals surface area contributed by atoms with Gasteiger partial charge in [-0.2, -0.15) is 0 Å². The number of carbonyl (C=O) groups excluding carboxylic acids is 1. The number of piperidine rings is 2. The van der Waals surface area contributed by atoms with Crippen LogP contribution in [0, 0.1) is 19.8 Å². The quantitative estimate of drug-likeness (QED) is 0.842. The fraction of sp³-hybridized carbons (Fsp3) is 0.667. The zero-order chi connectivity index (χ0) is 17.6. The third-order valence-corrected chi connectivity index (χ3v) is 5.80. The standard InChI is InChI=1S/C21H32N2O2.ClH/c1-16-3-5-20(15-17(16)2)25-19-9-13-23(14-10-19)21(24)6-4-18-7-11-22-12-8-18;/h3,5,15,18-19,22H,4,6-14H2,1-2H3;1H. The van der Waals surface area contributed by atoms with Crippen molar-refractivity contribution in [3.8, 4) is 5.75 Å². The maximum atomic E-state index is 12.5. The number of halogens is 1. The number of benzene rings is 1. The van der Waals surface area contributed by atoms with Crippen molar-refractivity contribution < 1.29 is 9.53 Å². The van der Waals surface area contributed by atoms with E-state index < -0.39 is 0 Å². The van der Waals surface area contributed by atoms with Crippen LogP contribution >= 0.6 is 12.4 Å². The Morgan fingerprint density at radius 3 is 2.46 bits per heavy atom. The van der Waals surface area contributed by atoms with Crippen LogP contribution in [0.25, 0.3) is 0 Å². The van der Waals surface area contributed by atoms with Crippen LogP contribution in [-0.4, -0.2) is 43.1 Å². The topological polar surface area (TPSA) is 41.6 Å². The Morgan fingerprint density at radius 2 is 1.81 bits per heavy atom. The summed E-state index contributed by atoms with van der Waals surface area (Å²) >= 11 is 0. The van der Waals surface area contributed by atoms with Crippen molar-refractivity contribution in [1.82, 2.24) is 10.2 Å². The molecule has 1 aromatic rings. The van der Waals surface area contributed by atoms with Gasteiger partial charge in [0.25, 0.3) is 0 Å². The molecule has 1 aromatic carbocycles. The molecule has 4 nitrogen and oxygen atoms in total. The number of likely N-dealkylation sites (tertiary alicyclic amines) is 1. The lowest BCUT2D eigenvalue weighted by Gasteiger charge is -2.33. The fourth-order valence-electron chi connectivity index (χ4n) is 3.86. The lowest BCUT2D eigenvalue weighted by Crippen LogP contribution is -2.42. The van der Waals surface area contributed by atoms with E-state index in [1.54, 1.807) is 0 Å². The Hall–Kier alpha value is -1.26. The number of nitrogens with zero attached hydrogens (tertiary/aromatic N) is 1. The molecule has 0 atom stereocenters. The van der Waals surface area contributed by atoms with Gasteiger partial charge in [0.15, 0.2) is 0 Å². The molecule has 146 valence electrons. The summed E-state index contributed by atoms with van der Waals surface area (Å²) in [6, 6.07) is 6.29. The predicted molar refractivity (Wildman–Crippen MR) is 108 cm³/mol. The average Bonchev–Trinajstić information content (AvgIpc) is 2.64. The second-order valence-electron chi connectivity index (χ2n) is 7.68. The normalized spacial score (nSPS) is 19.1. The molecule has 0 aliphatic carbocycles. The van der Waals surface area contributed by atoms with Gasteiger partial charge in [0.05, 0.1) is 0 Å². The van der Waals surface area contributed by atoms with Gasteiger partial charge in [0, 0.05) is 32.4 Å². The van der Waals surface area contributed by atoms with E-state index in [-0.39, 0.29) is 18.5 Å². The first-order chi connectivity index (χ1) is 12.1. The first-order valence-electron chi connectivity index (χ1n) is 9.84. The van der Waals surface area contributed by atoms with Crippen molar-refractivity contribution in [2.45, 2.75) is 58.5 Å². The third-order valence-electron chi connectivity index (χ3n) is 5.80. The van der Waals surface area contributed by atoms with Crippen LogP contribution in [-0.2, 0) is 4.79 Å². The molecule has 26 heavy (non-hydrogen) atoms. The van der Waals surface area contributed by atoms with Gasteiger partial charge in [-0.15, -0.1) is 12.4 Å². The second kappa shape index (κ2) is 10.2. The highest BCUT2D eigenvalue weighted by atomic mass is 35.5. The summed E-state index contributed by atoms with van der Waals surface area (Å²) in [6.07, 6.45) is 6.32. The first kappa shape index (κ1) is 21.0. The third kappa shape index (κ3) is 5.88. The lowest BCUT2D eigenvalue weighted by atomic mass is 9.93. The molecule has 0 unspecified atom stereocenters. The number of amides is 1. The Bertz CT molecular complexity index is 579. The largest absolute Gasteiger partial charge is 0.490 e. The summed E-state index contributed by atoms with van der Waals surface area (Å²) in [4.78, 5) is 14.5. The van der Waals surface area contributed by atoms with Crippen molar-refractivity contribution in [3.05, 3.63) is 29.3 Å². The maximum Gasteiger partial charge on any atom is 0.222 e. The van der Waals surface area contributed by atoms with Crippen molar-refractivity contribution >= 4 is 18.3 Å². The van der Waals surface area contributed by atoms with Crippen LogP contribution in [0.5, 0.6) is 5.75 Å². The smallest absolute Gasteiger partial charge is 0.222 e. The molecule has 3 rings (SSSR count). The molecule has 2 saturated heterocycles. The minimum Gasteiger partial charge on any atom is -0.490 e. The summed E-state index contributed by atoms with van der Waals surface area (Å²) in [6.45, 7) is 8.13. The van der Waals surface area contributed by atoms with E-state index in [4.69, 9.17) is 4.74 Å². The molecular formula is C21H33ClN2O2. The van der Waals surface area contributed by atoms with Gasteiger partial charge >= 0.3 is 0 Å². The number of ether oxygens (including phenoxy) is 1. The monoisotopic (exact) mass is 380 g/mol. The molecule has 5 heteroatoms. The Kier molecular flexibility index (Phi) is 8.23. The minimum atomic E-state index is 0. The van der Waals surface area contributed by atoms with Crippen molar-refractivity contribution in [2.24, 2.45) is 5.92 Å². The minimum absolute atomic E-state index is 0. The Morgan fingerprint density at radius 1 is 1.12 bits per heavy atom. The summed E-state index contributed by atoms with van der Waals surface area (Å²) in [7, 11) is 0. The summed E-state index contributed by atoms with van der Waals surface area (Å²) in [5.41, 5.74) is 2.56. The average molecular weight is 381 g/mol. The molecule has 1 N–H and O–H groups in total. The summed E-state index contributed by atoms with van der Waals surface area (Å²) in [5, 5.41) is 3.39. The van der Waals surface area contributed by atoms with Gasteiger partial charge in [-0.05, 0) is 75.4 Å². The van der Waals surface area contributed by atoms with Crippen LogP contribution in [0.15, 0.2) is 18.2 Å². The number of carbonyl (C=O) groups is 1. The van der Waals surface area contributed by atoms with Crippen molar-refractivity contribution in [2.75, 3.05) is 26.2 Å². The van der Waals surface area contributed by atoms with Crippen LogP contribution in [0.4, 0.5) is 0 Å². The zero-order valence-electron chi connectivity index (χ0n) is 16.1. The number of rotatable bonds is 5.